The highest BCUT2D eigenvalue weighted by molar-refractivity contribution is 9.10. The summed E-state index contributed by atoms with van der Waals surface area (Å²) in [5, 5.41) is 0. The van der Waals surface area contributed by atoms with Crippen molar-refractivity contribution in [3.8, 4) is 0 Å². The van der Waals surface area contributed by atoms with E-state index in [-0.39, 0.29) is 0 Å². The third-order valence-corrected chi connectivity index (χ3v) is 3.79. The van der Waals surface area contributed by atoms with Gasteiger partial charge in [0.25, 0.3) is 0 Å². The summed E-state index contributed by atoms with van der Waals surface area (Å²) in [6.45, 7) is 0.334. The van der Waals surface area contributed by atoms with Crippen molar-refractivity contribution in [2.24, 2.45) is 0 Å². The molecular formula is C9H12BrNO3S. The quantitative estimate of drug-likeness (QED) is 0.855. The zero-order chi connectivity index (χ0) is 11.5. The summed E-state index contributed by atoms with van der Waals surface area (Å²) in [7, 11) is -1.73. The summed E-state index contributed by atoms with van der Waals surface area (Å²) in [5.41, 5.74) is 3.29. The van der Waals surface area contributed by atoms with Gasteiger partial charge in [-0.1, -0.05) is 22.0 Å². The fourth-order valence-corrected chi connectivity index (χ4v) is 2.80. The summed E-state index contributed by atoms with van der Waals surface area (Å²) < 4.78 is 23.7. The minimum atomic E-state index is -3.21. The van der Waals surface area contributed by atoms with Crippen molar-refractivity contribution in [2.45, 2.75) is 11.4 Å². The van der Waals surface area contributed by atoms with Crippen LogP contribution in [0.3, 0.4) is 0 Å². The number of halogens is 1. The molecule has 0 aliphatic heterocycles. The van der Waals surface area contributed by atoms with Gasteiger partial charge in [0.2, 0.25) is 0 Å². The van der Waals surface area contributed by atoms with E-state index in [2.05, 4.69) is 21.4 Å². The van der Waals surface area contributed by atoms with Crippen LogP contribution in [0.5, 0.6) is 0 Å². The maximum atomic E-state index is 11.5. The predicted molar refractivity (Wildman–Crippen MR) is 61.1 cm³/mol. The highest BCUT2D eigenvalue weighted by Crippen LogP contribution is 2.24. The number of benzene rings is 1. The second-order valence-electron chi connectivity index (χ2n) is 3.01. The monoisotopic (exact) mass is 293 g/mol. The number of rotatable bonds is 4. The van der Waals surface area contributed by atoms with Gasteiger partial charge in [-0.05, 0) is 12.1 Å². The molecule has 0 amide bonds. The molecule has 0 atom stereocenters. The molecule has 0 saturated heterocycles. The lowest BCUT2D eigenvalue weighted by Gasteiger charge is -2.10. The molecule has 84 valence electrons. The average Bonchev–Trinajstić information content (AvgIpc) is 2.14. The van der Waals surface area contributed by atoms with Crippen LogP contribution in [0.15, 0.2) is 27.6 Å². The Morgan fingerprint density at radius 2 is 2.13 bits per heavy atom. The van der Waals surface area contributed by atoms with Gasteiger partial charge in [-0.25, -0.2) is 8.42 Å². The van der Waals surface area contributed by atoms with Gasteiger partial charge >= 0.3 is 0 Å². The summed E-state index contributed by atoms with van der Waals surface area (Å²) in [4.78, 5) is 5.01. The number of hydrogen-bond acceptors (Lipinski definition) is 4. The molecule has 0 heterocycles. The Kier molecular flexibility index (Phi) is 4.27. The first-order valence-electron chi connectivity index (χ1n) is 4.20. The van der Waals surface area contributed by atoms with Crippen LogP contribution >= 0.6 is 15.9 Å². The summed E-state index contributed by atoms with van der Waals surface area (Å²) in [5.74, 6) is 0. The molecule has 0 bridgehead atoms. The van der Waals surface area contributed by atoms with Crippen molar-refractivity contribution in [3.05, 3.63) is 28.2 Å². The van der Waals surface area contributed by atoms with Crippen molar-refractivity contribution in [1.29, 1.82) is 0 Å². The van der Waals surface area contributed by atoms with E-state index < -0.39 is 9.84 Å². The van der Waals surface area contributed by atoms with Gasteiger partial charge in [0.05, 0.1) is 12.0 Å². The zero-order valence-corrected chi connectivity index (χ0v) is 10.9. The van der Waals surface area contributed by atoms with E-state index in [4.69, 9.17) is 4.84 Å². The SMILES string of the molecule is CONCc1c(Br)cccc1S(C)(=O)=O. The first-order chi connectivity index (χ1) is 6.96. The molecule has 0 aromatic heterocycles. The third-order valence-electron chi connectivity index (χ3n) is 1.87. The maximum Gasteiger partial charge on any atom is 0.175 e. The van der Waals surface area contributed by atoms with E-state index >= 15 is 0 Å². The van der Waals surface area contributed by atoms with Gasteiger partial charge in [-0.15, -0.1) is 0 Å². The van der Waals surface area contributed by atoms with Crippen LogP contribution in [0.1, 0.15) is 5.56 Å². The maximum absolute atomic E-state index is 11.5. The molecule has 1 aromatic carbocycles. The predicted octanol–water partition coefficient (Wildman–Crippen LogP) is 1.50. The average molecular weight is 294 g/mol. The summed E-state index contributed by atoms with van der Waals surface area (Å²) >= 11 is 3.31. The van der Waals surface area contributed by atoms with E-state index in [0.717, 1.165) is 4.47 Å². The lowest BCUT2D eigenvalue weighted by molar-refractivity contribution is 0.0860. The van der Waals surface area contributed by atoms with Crippen LogP contribution in [0.4, 0.5) is 0 Å². The van der Waals surface area contributed by atoms with Gasteiger partial charge in [0.1, 0.15) is 0 Å². The molecule has 0 aliphatic carbocycles. The molecule has 0 spiro atoms. The molecule has 0 aliphatic rings. The van der Waals surface area contributed by atoms with Crippen LogP contribution in [0.2, 0.25) is 0 Å². The Bertz CT molecular complexity index is 445. The van der Waals surface area contributed by atoms with Gasteiger partial charge < -0.3 is 4.84 Å². The molecule has 6 heteroatoms. The van der Waals surface area contributed by atoms with E-state index in [0.29, 0.717) is 17.0 Å². The number of hydrogen-bond donors (Lipinski definition) is 1. The van der Waals surface area contributed by atoms with Crippen LogP contribution in [0, 0.1) is 0 Å². The molecule has 1 aromatic rings. The minimum Gasteiger partial charge on any atom is -0.305 e. The largest absolute Gasteiger partial charge is 0.305 e. The Hall–Kier alpha value is -0.430. The molecule has 4 nitrogen and oxygen atoms in total. The van der Waals surface area contributed by atoms with Crippen molar-refractivity contribution < 1.29 is 13.3 Å². The first-order valence-corrected chi connectivity index (χ1v) is 6.88. The van der Waals surface area contributed by atoms with Crippen molar-refractivity contribution in [2.75, 3.05) is 13.4 Å². The van der Waals surface area contributed by atoms with Crippen LogP contribution in [-0.2, 0) is 21.2 Å². The fraction of sp³-hybridized carbons (Fsp3) is 0.333. The number of sulfone groups is 1. The van der Waals surface area contributed by atoms with Crippen molar-refractivity contribution >= 4 is 25.8 Å². The van der Waals surface area contributed by atoms with E-state index in [1.54, 1.807) is 18.2 Å². The second-order valence-corrected chi connectivity index (χ2v) is 5.85. The molecule has 1 N–H and O–H groups in total. The number of nitrogens with one attached hydrogen (secondary N) is 1. The fourth-order valence-electron chi connectivity index (χ4n) is 1.20. The van der Waals surface area contributed by atoms with Crippen molar-refractivity contribution in [1.82, 2.24) is 5.48 Å². The van der Waals surface area contributed by atoms with Crippen LogP contribution in [-0.4, -0.2) is 21.8 Å². The normalized spacial score (nSPS) is 11.7. The molecule has 0 saturated carbocycles. The zero-order valence-electron chi connectivity index (χ0n) is 8.45. The highest BCUT2D eigenvalue weighted by Gasteiger charge is 2.14. The third kappa shape index (κ3) is 3.27. The van der Waals surface area contributed by atoms with E-state index in [9.17, 15) is 8.42 Å². The van der Waals surface area contributed by atoms with Gasteiger partial charge in [0.15, 0.2) is 9.84 Å². The standard InChI is InChI=1S/C9H12BrNO3S/c1-14-11-6-7-8(10)4-3-5-9(7)15(2,12)13/h3-5,11H,6H2,1-2H3. The molecule has 0 unspecified atom stereocenters. The van der Waals surface area contributed by atoms with E-state index in [1.807, 2.05) is 0 Å². The molecular weight excluding hydrogens is 282 g/mol. The highest BCUT2D eigenvalue weighted by atomic mass is 79.9. The Balaban J connectivity index is 3.21. The van der Waals surface area contributed by atoms with Crippen LogP contribution in [0.25, 0.3) is 0 Å². The molecule has 15 heavy (non-hydrogen) atoms. The van der Waals surface area contributed by atoms with Crippen LogP contribution < -0.4 is 5.48 Å². The Morgan fingerprint density at radius 3 is 2.67 bits per heavy atom. The van der Waals surface area contributed by atoms with Gasteiger partial charge in [0, 0.05) is 22.8 Å². The minimum absolute atomic E-state index is 0.307. The summed E-state index contributed by atoms with van der Waals surface area (Å²) in [6, 6.07) is 5.06. The topological polar surface area (TPSA) is 55.4 Å². The lowest BCUT2D eigenvalue weighted by Crippen LogP contribution is -2.14. The van der Waals surface area contributed by atoms with E-state index in [1.165, 1.54) is 13.4 Å². The second kappa shape index (κ2) is 5.07. The van der Waals surface area contributed by atoms with Crippen molar-refractivity contribution in [3.63, 3.8) is 0 Å². The smallest absolute Gasteiger partial charge is 0.175 e. The Morgan fingerprint density at radius 1 is 1.47 bits per heavy atom. The Labute approximate surface area is 97.6 Å². The first kappa shape index (κ1) is 12.6. The number of hydroxylamine groups is 1. The van der Waals surface area contributed by atoms with Gasteiger partial charge in [-0.3, -0.25) is 0 Å². The molecule has 1 rings (SSSR count). The molecule has 0 fully saturated rings. The molecule has 0 radical (unpaired) electrons. The van der Waals surface area contributed by atoms with Gasteiger partial charge in [-0.2, -0.15) is 5.48 Å². The lowest BCUT2D eigenvalue weighted by atomic mass is 10.2. The summed E-state index contributed by atoms with van der Waals surface area (Å²) in [6.07, 6.45) is 1.19.